The number of hydrogen-bond donors (Lipinski definition) is 1. The normalized spacial score (nSPS) is 11.4. The first-order chi connectivity index (χ1) is 7.26. The average molecular weight is 228 g/mol. The van der Waals surface area contributed by atoms with Gasteiger partial charge < -0.3 is 10.2 Å². The van der Waals surface area contributed by atoms with E-state index in [0.29, 0.717) is 13.0 Å². The second-order valence-corrected chi connectivity index (χ2v) is 5.53. The van der Waals surface area contributed by atoms with Crippen molar-refractivity contribution >= 4 is 12.3 Å². The Morgan fingerprint density at radius 2 is 1.94 bits per heavy atom. The van der Waals surface area contributed by atoms with Crippen LogP contribution < -0.4 is 5.32 Å². The Kier molecular flexibility index (Phi) is 6.08. The van der Waals surface area contributed by atoms with E-state index in [4.69, 9.17) is 0 Å². The average Bonchev–Trinajstić information content (AvgIpc) is 2.11. The van der Waals surface area contributed by atoms with Crippen molar-refractivity contribution in [3.63, 3.8) is 0 Å². The molecule has 0 aliphatic rings. The zero-order valence-electron chi connectivity index (χ0n) is 11.0. The lowest BCUT2D eigenvalue weighted by Gasteiger charge is -2.22. The van der Waals surface area contributed by atoms with Crippen LogP contribution in [0.25, 0.3) is 0 Å². The molecular weight excluding hydrogens is 204 g/mol. The standard InChI is InChI=1S/C12H24N2O2/c1-10(2)14(9-15)8-11(16)13-7-6-12(3,4)5/h9-10H,6-8H2,1-5H3,(H,13,16). The highest BCUT2D eigenvalue weighted by atomic mass is 16.2. The molecule has 16 heavy (non-hydrogen) atoms. The maximum absolute atomic E-state index is 11.5. The largest absolute Gasteiger partial charge is 0.355 e. The summed E-state index contributed by atoms with van der Waals surface area (Å²) in [7, 11) is 0. The minimum absolute atomic E-state index is 0.0610. The predicted molar refractivity (Wildman–Crippen MR) is 65.0 cm³/mol. The van der Waals surface area contributed by atoms with Crippen molar-refractivity contribution in [1.29, 1.82) is 0 Å². The van der Waals surface area contributed by atoms with E-state index >= 15 is 0 Å². The van der Waals surface area contributed by atoms with Gasteiger partial charge in [0.2, 0.25) is 12.3 Å². The Hall–Kier alpha value is -1.06. The summed E-state index contributed by atoms with van der Waals surface area (Å²) in [6.45, 7) is 11.0. The summed E-state index contributed by atoms with van der Waals surface area (Å²) in [4.78, 5) is 23.6. The SMILES string of the molecule is CC(C)N(C=O)CC(=O)NCCC(C)(C)C. The molecule has 4 nitrogen and oxygen atoms in total. The van der Waals surface area contributed by atoms with Crippen molar-refractivity contribution in [2.24, 2.45) is 5.41 Å². The maximum atomic E-state index is 11.5. The summed E-state index contributed by atoms with van der Waals surface area (Å²) in [5.74, 6) is -0.0925. The lowest BCUT2D eigenvalue weighted by Crippen LogP contribution is -2.40. The first kappa shape index (κ1) is 14.9. The fourth-order valence-electron chi connectivity index (χ4n) is 1.14. The Bertz CT molecular complexity index is 232. The molecule has 0 aliphatic heterocycles. The van der Waals surface area contributed by atoms with E-state index in [1.165, 1.54) is 4.90 Å². The van der Waals surface area contributed by atoms with Crippen molar-refractivity contribution < 1.29 is 9.59 Å². The fourth-order valence-corrected chi connectivity index (χ4v) is 1.14. The third kappa shape index (κ3) is 7.26. The molecule has 0 atom stereocenters. The van der Waals surface area contributed by atoms with Crippen LogP contribution in [-0.2, 0) is 9.59 Å². The van der Waals surface area contributed by atoms with Gasteiger partial charge in [-0.1, -0.05) is 20.8 Å². The number of rotatable bonds is 6. The molecule has 0 bridgehead atoms. The van der Waals surface area contributed by atoms with Crippen molar-refractivity contribution in [2.45, 2.75) is 47.1 Å². The van der Waals surface area contributed by atoms with Gasteiger partial charge in [0.25, 0.3) is 0 Å². The van der Waals surface area contributed by atoms with E-state index in [1.807, 2.05) is 13.8 Å². The molecule has 0 rings (SSSR count). The highest BCUT2D eigenvalue weighted by molar-refractivity contribution is 5.79. The monoisotopic (exact) mass is 228 g/mol. The van der Waals surface area contributed by atoms with Crippen LogP contribution in [0.2, 0.25) is 0 Å². The fraction of sp³-hybridized carbons (Fsp3) is 0.833. The molecule has 2 amide bonds. The van der Waals surface area contributed by atoms with Gasteiger partial charge in [0, 0.05) is 12.6 Å². The first-order valence-corrected chi connectivity index (χ1v) is 5.74. The molecule has 0 unspecified atom stereocenters. The van der Waals surface area contributed by atoms with Crippen molar-refractivity contribution in [2.75, 3.05) is 13.1 Å². The number of hydrogen-bond acceptors (Lipinski definition) is 2. The molecular formula is C12H24N2O2. The number of carbonyl (C=O) groups excluding carboxylic acids is 2. The molecule has 0 aromatic rings. The Morgan fingerprint density at radius 1 is 1.38 bits per heavy atom. The molecule has 0 heterocycles. The third-order valence-corrected chi connectivity index (χ3v) is 2.32. The van der Waals surface area contributed by atoms with Crippen LogP contribution in [0.5, 0.6) is 0 Å². The maximum Gasteiger partial charge on any atom is 0.239 e. The van der Waals surface area contributed by atoms with E-state index in [1.54, 1.807) is 0 Å². The molecule has 1 N–H and O–H groups in total. The molecule has 0 aromatic heterocycles. The minimum atomic E-state index is -0.0925. The first-order valence-electron chi connectivity index (χ1n) is 5.74. The van der Waals surface area contributed by atoms with Crippen LogP contribution in [-0.4, -0.2) is 36.3 Å². The van der Waals surface area contributed by atoms with Gasteiger partial charge in [0.1, 0.15) is 0 Å². The Morgan fingerprint density at radius 3 is 2.31 bits per heavy atom. The molecule has 0 spiro atoms. The summed E-state index contributed by atoms with van der Waals surface area (Å²) in [6.07, 6.45) is 1.65. The number of carbonyl (C=O) groups is 2. The summed E-state index contributed by atoms with van der Waals surface area (Å²) in [5, 5.41) is 2.82. The number of nitrogens with one attached hydrogen (secondary N) is 1. The van der Waals surface area contributed by atoms with Crippen molar-refractivity contribution in [3.8, 4) is 0 Å². The molecule has 0 saturated heterocycles. The third-order valence-electron chi connectivity index (χ3n) is 2.32. The van der Waals surface area contributed by atoms with E-state index in [9.17, 15) is 9.59 Å². The van der Waals surface area contributed by atoms with Gasteiger partial charge in [-0.15, -0.1) is 0 Å². The summed E-state index contributed by atoms with van der Waals surface area (Å²) in [5.41, 5.74) is 0.218. The molecule has 0 aliphatic carbocycles. The number of nitrogens with zero attached hydrogens (tertiary/aromatic N) is 1. The Balaban J connectivity index is 3.86. The van der Waals surface area contributed by atoms with E-state index < -0.39 is 0 Å². The molecule has 4 heteroatoms. The van der Waals surface area contributed by atoms with Crippen LogP contribution >= 0.6 is 0 Å². The molecule has 0 saturated carbocycles. The molecule has 0 radical (unpaired) electrons. The van der Waals surface area contributed by atoms with Gasteiger partial charge in [0.15, 0.2) is 0 Å². The molecule has 0 fully saturated rings. The van der Waals surface area contributed by atoms with Crippen molar-refractivity contribution in [1.82, 2.24) is 10.2 Å². The zero-order chi connectivity index (χ0) is 12.8. The minimum Gasteiger partial charge on any atom is -0.355 e. The van der Waals surface area contributed by atoms with E-state index in [-0.39, 0.29) is 23.9 Å². The summed E-state index contributed by atoms with van der Waals surface area (Å²) in [6, 6.07) is 0.0610. The quantitative estimate of drug-likeness (QED) is 0.699. The second-order valence-electron chi connectivity index (χ2n) is 5.53. The van der Waals surface area contributed by atoms with Gasteiger partial charge in [-0.2, -0.15) is 0 Å². The van der Waals surface area contributed by atoms with Crippen LogP contribution in [0, 0.1) is 5.41 Å². The van der Waals surface area contributed by atoms with Gasteiger partial charge in [0.05, 0.1) is 6.54 Å². The van der Waals surface area contributed by atoms with Crippen molar-refractivity contribution in [3.05, 3.63) is 0 Å². The molecule has 94 valence electrons. The number of amides is 2. The lowest BCUT2D eigenvalue weighted by atomic mass is 9.92. The smallest absolute Gasteiger partial charge is 0.239 e. The van der Waals surface area contributed by atoms with Crippen LogP contribution in [0.4, 0.5) is 0 Å². The van der Waals surface area contributed by atoms with Crippen LogP contribution in [0.1, 0.15) is 41.0 Å². The van der Waals surface area contributed by atoms with Gasteiger partial charge in [-0.05, 0) is 25.7 Å². The van der Waals surface area contributed by atoms with Crippen LogP contribution in [0.15, 0.2) is 0 Å². The highest BCUT2D eigenvalue weighted by Gasteiger charge is 2.13. The molecule has 0 aromatic carbocycles. The lowest BCUT2D eigenvalue weighted by molar-refractivity contribution is -0.129. The highest BCUT2D eigenvalue weighted by Crippen LogP contribution is 2.16. The van der Waals surface area contributed by atoms with Crippen LogP contribution in [0.3, 0.4) is 0 Å². The second kappa shape index (κ2) is 6.51. The Labute approximate surface area is 98.4 Å². The zero-order valence-corrected chi connectivity index (χ0v) is 11.0. The topological polar surface area (TPSA) is 49.4 Å². The summed E-state index contributed by atoms with van der Waals surface area (Å²) < 4.78 is 0. The van der Waals surface area contributed by atoms with Gasteiger partial charge in [-0.25, -0.2) is 0 Å². The summed E-state index contributed by atoms with van der Waals surface area (Å²) >= 11 is 0. The van der Waals surface area contributed by atoms with Gasteiger partial charge in [-0.3, -0.25) is 9.59 Å². The predicted octanol–water partition coefficient (Wildman–Crippen LogP) is 1.41. The van der Waals surface area contributed by atoms with E-state index in [0.717, 1.165) is 6.42 Å². The van der Waals surface area contributed by atoms with Gasteiger partial charge >= 0.3 is 0 Å². The van der Waals surface area contributed by atoms with E-state index in [2.05, 4.69) is 26.1 Å².